The van der Waals surface area contributed by atoms with E-state index in [-0.39, 0.29) is 11.1 Å². The van der Waals surface area contributed by atoms with Crippen LogP contribution < -0.4 is 0 Å². The van der Waals surface area contributed by atoms with Crippen molar-refractivity contribution in [2.75, 3.05) is 0 Å². The normalized spacial score (nSPS) is 12.5. The second-order valence-corrected chi connectivity index (χ2v) is 5.80. The first-order valence-corrected chi connectivity index (χ1v) is 7.06. The lowest BCUT2D eigenvalue weighted by Crippen LogP contribution is -2.00. The van der Waals surface area contributed by atoms with Gasteiger partial charge in [0.1, 0.15) is 11.6 Å². The summed E-state index contributed by atoms with van der Waals surface area (Å²) >= 11 is 15.6. The van der Waals surface area contributed by atoms with Gasteiger partial charge in [-0.3, -0.25) is 0 Å². The third-order valence-corrected chi connectivity index (χ3v) is 4.59. The van der Waals surface area contributed by atoms with Crippen LogP contribution in [0, 0.1) is 18.6 Å². The first kappa shape index (κ1) is 14.8. The standard InChI is InChI=1S/C14H9BrCl2F2/c1-7-5-12(19)9(6-11(7)18)13(16)8-3-2-4-10(15)14(8)17/h2-6,13H,1H3. The Bertz CT molecular complexity index is 629. The van der Waals surface area contributed by atoms with Crippen LogP contribution >= 0.6 is 39.1 Å². The lowest BCUT2D eigenvalue weighted by atomic mass is 10.0. The summed E-state index contributed by atoms with van der Waals surface area (Å²) in [7, 11) is 0. The van der Waals surface area contributed by atoms with Crippen molar-refractivity contribution >= 4 is 39.1 Å². The minimum absolute atomic E-state index is 0.0739. The number of hydrogen-bond acceptors (Lipinski definition) is 0. The van der Waals surface area contributed by atoms with Crippen LogP contribution in [0.1, 0.15) is 22.1 Å². The largest absolute Gasteiger partial charge is 0.207 e. The van der Waals surface area contributed by atoms with Crippen LogP contribution in [0.25, 0.3) is 0 Å². The molecule has 0 fully saturated rings. The van der Waals surface area contributed by atoms with E-state index in [1.165, 1.54) is 6.92 Å². The Morgan fingerprint density at radius 2 is 1.79 bits per heavy atom. The highest BCUT2D eigenvalue weighted by Gasteiger charge is 2.20. The van der Waals surface area contributed by atoms with Gasteiger partial charge in [0.25, 0.3) is 0 Å². The molecule has 19 heavy (non-hydrogen) atoms. The molecule has 2 rings (SSSR count). The Morgan fingerprint density at radius 1 is 1.11 bits per heavy atom. The Hall–Kier alpha value is -0.640. The molecule has 0 saturated carbocycles. The second kappa shape index (κ2) is 5.78. The summed E-state index contributed by atoms with van der Waals surface area (Å²) in [6.45, 7) is 1.50. The average molecular weight is 366 g/mol. The van der Waals surface area contributed by atoms with Gasteiger partial charge in [-0.25, -0.2) is 8.78 Å². The summed E-state index contributed by atoms with van der Waals surface area (Å²) < 4.78 is 28.1. The van der Waals surface area contributed by atoms with E-state index in [2.05, 4.69) is 15.9 Å². The van der Waals surface area contributed by atoms with Crippen LogP contribution in [0.4, 0.5) is 8.78 Å². The maximum absolute atomic E-state index is 13.9. The summed E-state index contributed by atoms with van der Waals surface area (Å²) in [5.74, 6) is -1.04. The third kappa shape index (κ3) is 2.93. The van der Waals surface area contributed by atoms with Gasteiger partial charge in [-0.05, 0) is 52.2 Å². The van der Waals surface area contributed by atoms with Crippen LogP contribution in [-0.4, -0.2) is 0 Å². The predicted molar refractivity (Wildman–Crippen MR) is 77.9 cm³/mol. The molecule has 0 amide bonds. The Labute approximate surface area is 128 Å². The van der Waals surface area contributed by atoms with Crippen LogP contribution in [0.15, 0.2) is 34.8 Å². The van der Waals surface area contributed by atoms with Gasteiger partial charge in [-0.2, -0.15) is 0 Å². The minimum Gasteiger partial charge on any atom is -0.207 e. The molecule has 0 aliphatic carbocycles. The molecule has 2 aromatic rings. The van der Waals surface area contributed by atoms with E-state index < -0.39 is 17.0 Å². The van der Waals surface area contributed by atoms with Gasteiger partial charge in [0, 0.05) is 10.0 Å². The molecule has 2 aromatic carbocycles. The Kier molecular flexibility index (Phi) is 4.49. The van der Waals surface area contributed by atoms with Gasteiger partial charge in [-0.15, -0.1) is 11.6 Å². The third-order valence-electron chi connectivity index (χ3n) is 2.81. The van der Waals surface area contributed by atoms with Gasteiger partial charge in [0.05, 0.1) is 10.4 Å². The maximum Gasteiger partial charge on any atom is 0.128 e. The quantitative estimate of drug-likeness (QED) is 0.571. The molecule has 0 radical (unpaired) electrons. The van der Waals surface area contributed by atoms with Crippen molar-refractivity contribution in [3.05, 3.63) is 68.2 Å². The zero-order valence-corrected chi connectivity index (χ0v) is 13.0. The molecule has 0 spiro atoms. The second-order valence-electron chi connectivity index (χ2n) is 4.13. The van der Waals surface area contributed by atoms with Crippen LogP contribution in [0.3, 0.4) is 0 Å². The van der Waals surface area contributed by atoms with Gasteiger partial charge in [-0.1, -0.05) is 23.7 Å². The van der Waals surface area contributed by atoms with Crippen molar-refractivity contribution in [1.82, 2.24) is 0 Å². The van der Waals surface area contributed by atoms with Crippen LogP contribution in [0.5, 0.6) is 0 Å². The van der Waals surface area contributed by atoms with Crippen molar-refractivity contribution in [2.24, 2.45) is 0 Å². The summed E-state index contributed by atoms with van der Waals surface area (Å²) in [6, 6.07) is 7.41. The molecule has 100 valence electrons. The first-order chi connectivity index (χ1) is 8.91. The average Bonchev–Trinajstić information content (AvgIpc) is 2.36. The number of hydrogen-bond donors (Lipinski definition) is 0. The lowest BCUT2D eigenvalue weighted by molar-refractivity contribution is 0.580. The van der Waals surface area contributed by atoms with E-state index in [1.807, 2.05) is 0 Å². The zero-order valence-electron chi connectivity index (χ0n) is 9.85. The van der Waals surface area contributed by atoms with E-state index in [9.17, 15) is 8.78 Å². The molecule has 0 aliphatic rings. The highest BCUT2D eigenvalue weighted by Crippen LogP contribution is 2.38. The van der Waals surface area contributed by atoms with Crippen molar-refractivity contribution in [2.45, 2.75) is 12.3 Å². The van der Waals surface area contributed by atoms with Crippen molar-refractivity contribution < 1.29 is 8.78 Å². The zero-order chi connectivity index (χ0) is 14.2. The fourth-order valence-corrected chi connectivity index (χ4v) is 2.76. The molecular formula is C14H9BrCl2F2. The number of benzene rings is 2. The Morgan fingerprint density at radius 3 is 2.47 bits per heavy atom. The smallest absolute Gasteiger partial charge is 0.128 e. The molecule has 0 aromatic heterocycles. The number of aryl methyl sites for hydroxylation is 1. The van der Waals surface area contributed by atoms with Crippen molar-refractivity contribution in [1.29, 1.82) is 0 Å². The molecule has 1 atom stereocenters. The van der Waals surface area contributed by atoms with Gasteiger partial charge >= 0.3 is 0 Å². The van der Waals surface area contributed by atoms with Crippen molar-refractivity contribution in [3.8, 4) is 0 Å². The van der Waals surface area contributed by atoms with Gasteiger partial charge in [0.2, 0.25) is 0 Å². The minimum atomic E-state index is -0.847. The van der Waals surface area contributed by atoms with E-state index in [0.717, 1.165) is 12.1 Å². The van der Waals surface area contributed by atoms with E-state index in [0.29, 0.717) is 15.1 Å². The van der Waals surface area contributed by atoms with Gasteiger partial charge < -0.3 is 0 Å². The summed E-state index contributed by atoms with van der Waals surface area (Å²) in [6.07, 6.45) is 0. The lowest BCUT2D eigenvalue weighted by Gasteiger charge is -2.14. The fraction of sp³-hybridized carbons (Fsp3) is 0.143. The molecule has 0 aliphatic heterocycles. The molecule has 0 nitrogen and oxygen atoms in total. The van der Waals surface area contributed by atoms with E-state index >= 15 is 0 Å². The van der Waals surface area contributed by atoms with Crippen LogP contribution in [0.2, 0.25) is 5.02 Å². The summed E-state index contributed by atoms with van der Waals surface area (Å²) in [4.78, 5) is 0. The highest BCUT2D eigenvalue weighted by molar-refractivity contribution is 9.10. The molecule has 0 N–H and O–H groups in total. The van der Waals surface area contributed by atoms with Gasteiger partial charge in [0.15, 0.2) is 0 Å². The van der Waals surface area contributed by atoms with Crippen molar-refractivity contribution in [3.63, 3.8) is 0 Å². The Balaban J connectivity index is 2.53. The number of rotatable bonds is 2. The van der Waals surface area contributed by atoms with E-state index in [1.54, 1.807) is 18.2 Å². The first-order valence-electron chi connectivity index (χ1n) is 5.45. The molecular weight excluding hydrogens is 357 g/mol. The predicted octanol–water partition coefficient (Wildman–Crippen LogP) is 6.02. The fourth-order valence-electron chi connectivity index (χ4n) is 1.74. The van der Waals surface area contributed by atoms with E-state index in [4.69, 9.17) is 23.2 Å². The molecule has 1 unspecified atom stereocenters. The molecule has 0 heterocycles. The topological polar surface area (TPSA) is 0 Å². The molecule has 5 heteroatoms. The summed E-state index contributed by atoms with van der Waals surface area (Å²) in [5.41, 5.74) is 0.843. The maximum atomic E-state index is 13.9. The number of halogens is 5. The highest BCUT2D eigenvalue weighted by atomic mass is 79.9. The SMILES string of the molecule is Cc1cc(F)c(C(Cl)c2cccc(Br)c2Cl)cc1F. The van der Waals surface area contributed by atoms with Crippen LogP contribution in [-0.2, 0) is 0 Å². The molecule has 0 saturated heterocycles. The monoisotopic (exact) mass is 364 g/mol. The number of alkyl halides is 1. The molecule has 0 bridgehead atoms. The summed E-state index contributed by atoms with van der Waals surface area (Å²) in [5, 5.41) is -0.456.